The van der Waals surface area contributed by atoms with E-state index in [1.54, 1.807) is 6.08 Å². The molecule has 2 aromatic rings. The lowest BCUT2D eigenvalue weighted by atomic mass is 9.79. The summed E-state index contributed by atoms with van der Waals surface area (Å²) in [5.74, 6) is 0.0237. The fraction of sp³-hybridized carbons (Fsp3) is 0.360. The van der Waals surface area contributed by atoms with Crippen molar-refractivity contribution in [2.24, 2.45) is 0 Å². The van der Waals surface area contributed by atoms with Crippen molar-refractivity contribution in [1.82, 2.24) is 0 Å². The number of hydrogen-bond acceptors (Lipinski definition) is 3. The molecule has 0 saturated carbocycles. The Balaban J connectivity index is 1.94. The van der Waals surface area contributed by atoms with Crippen molar-refractivity contribution in [3.63, 3.8) is 0 Å². The highest BCUT2D eigenvalue weighted by atomic mass is 16.1. The second kappa shape index (κ2) is 7.75. The van der Waals surface area contributed by atoms with E-state index in [9.17, 15) is 10.1 Å². The maximum absolute atomic E-state index is 12.6. The molecule has 1 N–H and O–H groups in total. The van der Waals surface area contributed by atoms with Gasteiger partial charge in [-0.2, -0.15) is 5.26 Å². The average molecular weight is 388 g/mol. The summed E-state index contributed by atoms with van der Waals surface area (Å²) in [6.07, 6.45) is 2.76. The Kier molecular flexibility index (Phi) is 5.53. The van der Waals surface area contributed by atoms with Gasteiger partial charge < -0.3 is 10.2 Å². The number of fused-ring (bicyclic) bond motifs is 1. The van der Waals surface area contributed by atoms with E-state index in [0.29, 0.717) is 11.6 Å². The Hall–Kier alpha value is -3.06. The van der Waals surface area contributed by atoms with E-state index in [1.807, 2.05) is 38.1 Å². The summed E-state index contributed by atoms with van der Waals surface area (Å²) in [4.78, 5) is 15.0. The van der Waals surface area contributed by atoms with Gasteiger partial charge in [0.2, 0.25) is 0 Å². The molecule has 1 amide bonds. The van der Waals surface area contributed by atoms with E-state index in [-0.39, 0.29) is 17.0 Å². The highest BCUT2D eigenvalue weighted by molar-refractivity contribution is 6.09. The number of nitrogens with zero attached hydrogens (tertiary/aromatic N) is 2. The van der Waals surface area contributed by atoms with E-state index >= 15 is 0 Å². The Morgan fingerprint density at radius 2 is 1.90 bits per heavy atom. The van der Waals surface area contributed by atoms with Crippen molar-refractivity contribution < 1.29 is 4.79 Å². The SMILES string of the molecule is Cc1ccc(NC(=O)/C(C#N)=C\c2cc3c(cc2C)N(C)C(C)(C)C[C@@H]3C)cc1. The highest BCUT2D eigenvalue weighted by Crippen LogP contribution is 2.43. The topological polar surface area (TPSA) is 56.1 Å². The van der Waals surface area contributed by atoms with E-state index in [1.165, 1.54) is 11.3 Å². The zero-order valence-electron chi connectivity index (χ0n) is 18.1. The Morgan fingerprint density at radius 3 is 2.52 bits per heavy atom. The fourth-order valence-electron chi connectivity index (χ4n) is 4.03. The quantitative estimate of drug-likeness (QED) is 0.553. The minimum atomic E-state index is -0.389. The van der Waals surface area contributed by atoms with Crippen molar-refractivity contribution in [2.45, 2.75) is 52.5 Å². The molecule has 1 atom stereocenters. The summed E-state index contributed by atoms with van der Waals surface area (Å²) >= 11 is 0. The molecule has 150 valence electrons. The molecule has 0 fully saturated rings. The second-order valence-electron chi connectivity index (χ2n) is 8.73. The standard InChI is InChI=1S/C25H29N3O/c1-16-7-9-21(10-8-16)27-24(29)20(15-26)12-19-13-22-18(3)14-25(4,5)28(6)23(22)11-17(19)2/h7-13,18H,14H2,1-6H3,(H,27,29)/b20-12-/t18-/m0/s1. The molecule has 1 aliphatic heterocycles. The maximum Gasteiger partial charge on any atom is 0.266 e. The van der Waals surface area contributed by atoms with Gasteiger partial charge in [0, 0.05) is 24.0 Å². The molecule has 0 aliphatic carbocycles. The second-order valence-corrected chi connectivity index (χ2v) is 8.73. The van der Waals surface area contributed by atoms with Gasteiger partial charge >= 0.3 is 0 Å². The normalized spacial score (nSPS) is 18.0. The number of carbonyl (C=O) groups is 1. The molecular weight excluding hydrogens is 358 g/mol. The first-order valence-electron chi connectivity index (χ1n) is 10.0. The van der Waals surface area contributed by atoms with Gasteiger partial charge in [0.25, 0.3) is 5.91 Å². The summed E-state index contributed by atoms with van der Waals surface area (Å²) in [6.45, 7) is 10.8. The van der Waals surface area contributed by atoms with Gasteiger partial charge in [0.1, 0.15) is 11.6 Å². The van der Waals surface area contributed by atoms with Crippen LogP contribution >= 0.6 is 0 Å². The number of nitriles is 1. The van der Waals surface area contributed by atoms with Crippen LogP contribution in [0.3, 0.4) is 0 Å². The van der Waals surface area contributed by atoms with Crippen molar-refractivity contribution in [3.8, 4) is 6.07 Å². The van der Waals surface area contributed by atoms with Crippen molar-refractivity contribution in [1.29, 1.82) is 5.26 Å². The summed E-state index contributed by atoms with van der Waals surface area (Å²) in [7, 11) is 2.13. The minimum Gasteiger partial charge on any atom is -0.369 e. The van der Waals surface area contributed by atoms with Crippen LogP contribution in [-0.2, 0) is 4.79 Å². The summed E-state index contributed by atoms with van der Waals surface area (Å²) < 4.78 is 0. The molecule has 4 heteroatoms. The number of amides is 1. The lowest BCUT2D eigenvalue weighted by Crippen LogP contribution is -2.45. The molecule has 1 aliphatic rings. The number of carbonyl (C=O) groups excluding carboxylic acids is 1. The van der Waals surface area contributed by atoms with Crippen LogP contribution < -0.4 is 10.2 Å². The largest absolute Gasteiger partial charge is 0.369 e. The molecule has 0 aromatic heterocycles. The zero-order chi connectivity index (χ0) is 21.3. The first kappa shape index (κ1) is 20.7. The first-order chi connectivity index (χ1) is 13.6. The number of benzene rings is 2. The number of anilines is 2. The first-order valence-corrected chi connectivity index (χ1v) is 10.0. The average Bonchev–Trinajstić information content (AvgIpc) is 2.66. The van der Waals surface area contributed by atoms with Crippen LogP contribution in [0.5, 0.6) is 0 Å². The summed E-state index contributed by atoms with van der Waals surface area (Å²) in [5.41, 5.74) is 6.46. The minimum absolute atomic E-state index is 0.0992. The summed E-state index contributed by atoms with van der Waals surface area (Å²) in [6, 6.07) is 13.9. The van der Waals surface area contributed by atoms with Crippen LogP contribution in [0, 0.1) is 25.2 Å². The molecule has 29 heavy (non-hydrogen) atoms. The molecule has 0 saturated heterocycles. The number of nitrogens with one attached hydrogen (secondary N) is 1. The molecule has 1 heterocycles. The molecule has 3 rings (SSSR count). The van der Waals surface area contributed by atoms with Crippen molar-refractivity contribution >= 4 is 23.4 Å². The zero-order valence-corrected chi connectivity index (χ0v) is 18.1. The lowest BCUT2D eigenvalue weighted by molar-refractivity contribution is -0.112. The van der Waals surface area contributed by atoms with Gasteiger partial charge in [0.05, 0.1) is 0 Å². The molecular formula is C25H29N3O. The number of aryl methyl sites for hydroxylation is 2. The van der Waals surface area contributed by atoms with E-state index < -0.39 is 0 Å². The van der Waals surface area contributed by atoms with Crippen LogP contribution in [0.15, 0.2) is 42.0 Å². The molecule has 0 unspecified atom stereocenters. The van der Waals surface area contributed by atoms with Crippen molar-refractivity contribution in [2.75, 3.05) is 17.3 Å². The van der Waals surface area contributed by atoms with Crippen LogP contribution in [0.4, 0.5) is 11.4 Å². The highest BCUT2D eigenvalue weighted by Gasteiger charge is 2.34. The van der Waals surface area contributed by atoms with Gasteiger partial charge in [-0.15, -0.1) is 0 Å². The monoisotopic (exact) mass is 387 g/mol. The van der Waals surface area contributed by atoms with Crippen molar-refractivity contribution in [3.05, 3.63) is 64.2 Å². The Labute approximate surface area is 173 Å². The predicted molar refractivity (Wildman–Crippen MR) is 120 cm³/mol. The van der Waals surface area contributed by atoms with Crippen LogP contribution in [0.25, 0.3) is 6.08 Å². The Bertz CT molecular complexity index is 1010. The third kappa shape index (κ3) is 4.19. The predicted octanol–water partition coefficient (Wildman–Crippen LogP) is 5.57. The van der Waals surface area contributed by atoms with Crippen LogP contribution in [0.2, 0.25) is 0 Å². The number of rotatable bonds is 3. The van der Waals surface area contributed by atoms with Gasteiger partial charge in [-0.25, -0.2) is 0 Å². The lowest BCUT2D eigenvalue weighted by Gasteiger charge is -2.45. The molecule has 0 bridgehead atoms. The third-order valence-corrected chi connectivity index (χ3v) is 6.00. The van der Waals surface area contributed by atoms with Crippen LogP contribution in [-0.4, -0.2) is 18.5 Å². The molecule has 2 aromatic carbocycles. The van der Waals surface area contributed by atoms with E-state index in [4.69, 9.17) is 0 Å². The van der Waals surface area contributed by atoms with E-state index in [2.05, 4.69) is 56.2 Å². The van der Waals surface area contributed by atoms with Gasteiger partial charge in [-0.3, -0.25) is 4.79 Å². The smallest absolute Gasteiger partial charge is 0.266 e. The van der Waals surface area contributed by atoms with Gasteiger partial charge in [-0.1, -0.05) is 24.6 Å². The number of hydrogen-bond donors (Lipinski definition) is 1. The molecule has 4 nitrogen and oxygen atoms in total. The Morgan fingerprint density at radius 1 is 1.24 bits per heavy atom. The maximum atomic E-state index is 12.6. The van der Waals surface area contributed by atoms with Gasteiger partial charge in [-0.05, 0) is 87.1 Å². The van der Waals surface area contributed by atoms with Crippen LogP contribution in [0.1, 0.15) is 55.4 Å². The third-order valence-electron chi connectivity index (χ3n) is 6.00. The summed E-state index contributed by atoms with van der Waals surface area (Å²) in [5, 5.41) is 12.4. The molecule has 0 spiro atoms. The van der Waals surface area contributed by atoms with E-state index in [0.717, 1.165) is 23.1 Å². The van der Waals surface area contributed by atoms with Gasteiger partial charge in [0.15, 0.2) is 0 Å². The fourth-order valence-corrected chi connectivity index (χ4v) is 4.03. The molecule has 0 radical (unpaired) electrons.